The van der Waals surface area contributed by atoms with Crippen molar-refractivity contribution in [2.75, 3.05) is 13.2 Å². The molecule has 4 heteroatoms. The highest BCUT2D eigenvalue weighted by atomic mass is 19.1. The second-order valence-electron chi connectivity index (χ2n) is 5.57. The van der Waals surface area contributed by atoms with E-state index in [-0.39, 0.29) is 29.7 Å². The monoisotopic (exact) mass is 265 g/mol. The minimum absolute atomic E-state index is 0.0806. The van der Waals surface area contributed by atoms with Crippen molar-refractivity contribution >= 4 is 5.91 Å². The number of carbonyl (C=O) groups excluding carboxylic acids is 1. The van der Waals surface area contributed by atoms with Crippen LogP contribution in [0.2, 0.25) is 0 Å². The Morgan fingerprint density at radius 1 is 1.47 bits per heavy atom. The summed E-state index contributed by atoms with van der Waals surface area (Å²) in [5.74, 6) is -0.620. The zero-order valence-corrected chi connectivity index (χ0v) is 11.2. The third kappa shape index (κ3) is 3.53. The Morgan fingerprint density at radius 3 is 2.74 bits per heavy atom. The molecule has 3 nitrogen and oxygen atoms in total. The summed E-state index contributed by atoms with van der Waals surface area (Å²) in [5.41, 5.74) is 0.473. The summed E-state index contributed by atoms with van der Waals surface area (Å²) in [5, 5.41) is 12.0. The molecule has 2 N–H and O–H groups in total. The van der Waals surface area contributed by atoms with E-state index in [0.29, 0.717) is 18.5 Å². The van der Waals surface area contributed by atoms with Gasteiger partial charge in [0.25, 0.3) is 0 Å². The predicted molar refractivity (Wildman–Crippen MR) is 71.0 cm³/mol. The van der Waals surface area contributed by atoms with E-state index in [4.69, 9.17) is 0 Å². The maximum Gasteiger partial charge on any atom is 0.223 e. The number of amides is 1. The number of benzene rings is 1. The first-order valence-electron chi connectivity index (χ1n) is 6.68. The number of halogens is 1. The van der Waals surface area contributed by atoms with Crippen molar-refractivity contribution in [2.24, 2.45) is 11.3 Å². The van der Waals surface area contributed by atoms with Crippen molar-refractivity contribution in [1.29, 1.82) is 0 Å². The molecule has 0 aliphatic heterocycles. The van der Waals surface area contributed by atoms with Gasteiger partial charge in [-0.3, -0.25) is 4.79 Å². The molecule has 1 saturated carbocycles. The molecule has 0 heterocycles. The molecular formula is C15H20FNO2. The lowest BCUT2D eigenvalue weighted by atomic mass is 9.99. The van der Waals surface area contributed by atoms with E-state index < -0.39 is 0 Å². The summed E-state index contributed by atoms with van der Waals surface area (Å²) < 4.78 is 13.5. The summed E-state index contributed by atoms with van der Waals surface area (Å²) in [6, 6.07) is 6.52. The minimum Gasteiger partial charge on any atom is -0.396 e. The van der Waals surface area contributed by atoms with Gasteiger partial charge >= 0.3 is 0 Å². The molecule has 0 radical (unpaired) electrons. The van der Waals surface area contributed by atoms with Gasteiger partial charge in [0.2, 0.25) is 5.91 Å². The van der Waals surface area contributed by atoms with Gasteiger partial charge in [-0.25, -0.2) is 4.39 Å². The van der Waals surface area contributed by atoms with Crippen LogP contribution < -0.4 is 5.32 Å². The molecule has 2 rings (SSSR count). The molecule has 0 aromatic heterocycles. The van der Waals surface area contributed by atoms with E-state index in [0.717, 1.165) is 12.8 Å². The topological polar surface area (TPSA) is 49.3 Å². The van der Waals surface area contributed by atoms with Crippen LogP contribution in [0.1, 0.15) is 25.3 Å². The Bertz CT molecular complexity index is 457. The second-order valence-corrected chi connectivity index (χ2v) is 5.57. The van der Waals surface area contributed by atoms with Crippen LogP contribution >= 0.6 is 0 Å². The van der Waals surface area contributed by atoms with Crippen LogP contribution in [-0.2, 0) is 11.2 Å². The van der Waals surface area contributed by atoms with E-state index in [2.05, 4.69) is 5.32 Å². The number of aliphatic hydroxyl groups is 1. The molecule has 1 amide bonds. The fourth-order valence-electron chi connectivity index (χ4n) is 2.10. The first kappa shape index (κ1) is 14.0. The van der Waals surface area contributed by atoms with Crippen LogP contribution in [0.3, 0.4) is 0 Å². The van der Waals surface area contributed by atoms with Crippen LogP contribution in [0, 0.1) is 17.2 Å². The smallest absolute Gasteiger partial charge is 0.223 e. The summed E-state index contributed by atoms with van der Waals surface area (Å²) in [4.78, 5) is 11.9. The number of carbonyl (C=O) groups is 1. The lowest BCUT2D eigenvalue weighted by molar-refractivity contribution is -0.124. The van der Waals surface area contributed by atoms with Gasteiger partial charge in [-0.2, -0.15) is 0 Å². The van der Waals surface area contributed by atoms with Crippen molar-refractivity contribution in [3.63, 3.8) is 0 Å². The highest BCUT2D eigenvalue weighted by Crippen LogP contribution is 2.44. The molecule has 19 heavy (non-hydrogen) atoms. The van der Waals surface area contributed by atoms with E-state index in [1.54, 1.807) is 25.1 Å². The van der Waals surface area contributed by atoms with Crippen LogP contribution in [0.5, 0.6) is 0 Å². The normalized spacial score (nSPS) is 17.8. The van der Waals surface area contributed by atoms with E-state index in [1.807, 2.05) is 0 Å². The molecule has 0 bridgehead atoms. The fourth-order valence-corrected chi connectivity index (χ4v) is 2.10. The van der Waals surface area contributed by atoms with Crippen LogP contribution in [0.4, 0.5) is 4.39 Å². The predicted octanol–water partition coefficient (Wildman–Crippen LogP) is 1.89. The van der Waals surface area contributed by atoms with Gasteiger partial charge in [-0.15, -0.1) is 0 Å². The van der Waals surface area contributed by atoms with Crippen LogP contribution in [0.15, 0.2) is 24.3 Å². The van der Waals surface area contributed by atoms with Gasteiger partial charge in [0, 0.05) is 17.9 Å². The standard InChI is InChI=1S/C15H20FNO2/c1-11(8-12-4-2-3-5-13(12)16)14(19)17-9-15(10-18)6-7-15/h2-5,11,18H,6-10H2,1H3,(H,17,19). The van der Waals surface area contributed by atoms with Crippen LogP contribution in [0.25, 0.3) is 0 Å². The van der Waals surface area contributed by atoms with Gasteiger partial charge in [0.1, 0.15) is 5.82 Å². The maximum absolute atomic E-state index is 13.5. The summed E-state index contributed by atoms with van der Waals surface area (Å²) >= 11 is 0. The molecule has 1 aromatic rings. The Morgan fingerprint density at radius 2 is 2.16 bits per heavy atom. The van der Waals surface area contributed by atoms with Crippen molar-refractivity contribution in [1.82, 2.24) is 5.32 Å². The van der Waals surface area contributed by atoms with Crippen molar-refractivity contribution in [3.8, 4) is 0 Å². The van der Waals surface area contributed by atoms with Gasteiger partial charge in [-0.05, 0) is 30.9 Å². The van der Waals surface area contributed by atoms with Gasteiger partial charge in [-0.1, -0.05) is 25.1 Å². The number of hydrogen-bond acceptors (Lipinski definition) is 2. The minimum atomic E-state index is -0.272. The third-order valence-electron chi connectivity index (χ3n) is 3.86. The summed E-state index contributed by atoms with van der Waals surface area (Å²) in [6.45, 7) is 2.43. The highest BCUT2D eigenvalue weighted by molar-refractivity contribution is 5.78. The largest absolute Gasteiger partial charge is 0.396 e. The molecule has 1 fully saturated rings. The Hall–Kier alpha value is -1.42. The third-order valence-corrected chi connectivity index (χ3v) is 3.86. The number of nitrogens with one attached hydrogen (secondary N) is 1. The first-order valence-corrected chi connectivity index (χ1v) is 6.68. The zero-order chi connectivity index (χ0) is 13.9. The zero-order valence-electron chi connectivity index (χ0n) is 11.2. The molecule has 104 valence electrons. The number of hydrogen-bond donors (Lipinski definition) is 2. The second kappa shape index (κ2) is 5.70. The van der Waals surface area contributed by atoms with Crippen molar-refractivity contribution in [3.05, 3.63) is 35.6 Å². The van der Waals surface area contributed by atoms with Crippen LogP contribution in [-0.4, -0.2) is 24.2 Å². The molecule has 0 spiro atoms. The molecule has 1 aromatic carbocycles. The van der Waals surface area contributed by atoms with E-state index in [1.165, 1.54) is 6.07 Å². The lowest BCUT2D eigenvalue weighted by Gasteiger charge is -2.16. The maximum atomic E-state index is 13.5. The summed E-state index contributed by atoms with van der Waals surface area (Å²) in [6.07, 6.45) is 2.32. The Balaban J connectivity index is 1.84. The molecule has 1 atom stereocenters. The SMILES string of the molecule is CC(Cc1ccccc1F)C(=O)NCC1(CO)CC1. The lowest BCUT2D eigenvalue weighted by Crippen LogP contribution is -2.36. The number of rotatable bonds is 6. The fraction of sp³-hybridized carbons (Fsp3) is 0.533. The Labute approximate surface area is 112 Å². The molecule has 1 aliphatic carbocycles. The number of aliphatic hydroxyl groups excluding tert-OH is 1. The van der Waals surface area contributed by atoms with E-state index in [9.17, 15) is 14.3 Å². The quantitative estimate of drug-likeness (QED) is 0.825. The summed E-state index contributed by atoms with van der Waals surface area (Å²) in [7, 11) is 0. The molecular weight excluding hydrogens is 245 g/mol. The average molecular weight is 265 g/mol. The van der Waals surface area contributed by atoms with Crippen molar-refractivity contribution in [2.45, 2.75) is 26.2 Å². The van der Waals surface area contributed by atoms with E-state index >= 15 is 0 Å². The molecule has 1 aliphatic rings. The Kier molecular flexibility index (Phi) is 4.20. The highest BCUT2D eigenvalue weighted by Gasteiger charge is 2.42. The van der Waals surface area contributed by atoms with Gasteiger partial charge in [0.15, 0.2) is 0 Å². The van der Waals surface area contributed by atoms with Gasteiger partial charge < -0.3 is 10.4 Å². The van der Waals surface area contributed by atoms with Crippen molar-refractivity contribution < 1.29 is 14.3 Å². The van der Waals surface area contributed by atoms with Gasteiger partial charge in [0.05, 0.1) is 6.61 Å². The molecule has 0 saturated heterocycles. The average Bonchev–Trinajstić information content (AvgIpc) is 3.19. The molecule has 1 unspecified atom stereocenters. The first-order chi connectivity index (χ1) is 9.06.